The van der Waals surface area contributed by atoms with E-state index in [1.54, 1.807) is 59.6 Å². The van der Waals surface area contributed by atoms with Gasteiger partial charge in [0.2, 0.25) is 0 Å². The highest BCUT2D eigenvalue weighted by atomic mass is 35.5. The van der Waals surface area contributed by atoms with Gasteiger partial charge in [-0.05, 0) is 59.9 Å². The van der Waals surface area contributed by atoms with Crippen LogP contribution in [-0.2, 0) is 13.1 Å². The standard InChI is InChI=1S/C35H36ClN7O4/c1-22-26(5-3-7-28(22)39-33(45)30-12-10-24(18-38-30)20-43-16-15-41(2)35(43)47)27-6-4-8-29(32(27)36)40-34(46)31-11-9-23(17-37-31)19-42-14-13-25(44)21-42/h3-12,17-18,25,44H,13-16,19-21H2,1-2H3,(H,39,45)(H,40,46)/t25-/m0/s1. The highest BCUT2D eigenvalue weighted by Gasteiger charge is 2.25. The molecule has 4 aromatic rings. The number of aliphatic hydroxyl groups is 1. The summed E-state index contributed by atoms with van der Waals surface area (Å²) in [7, 11) is 1.77. The van der Waals surface area contributed by atoms with Crippen molar-refractivity contribution in [3.05, 3.63) is 106 Å². The second-order valence-electron chi connectivity index (χ2n) is 12.0. The summed E-state index contributed by atoms with van der Waals surface area (Å²) in [6, 6.07) is 17.9. The predicted octanol–water partition coefficient (Wildman–Crippen LogP) is 5.04. The fourth-order valence-corrected chi connectivity index (χ4v) is 6.14. The minimum atomic E-state index is -0.386. The van der Waals surface area contributed by atoms with E-state index in [1.165, 1.54) is 0 Å². The van der Waals surface area contributed by atoms with Gasteiger partial charge in [-0.2, -0.15) is 0 Å². The van der Waals surface area contributed by atoms with Crippen molar-refractivity contribution >= 4 is 40.8 Å². The number of nitrogens with one attached hydrogen (secondary N) is 2. The van der Waals surface area contributed by atoms with Gasteiger partial charge in [0.25, 0.3) is 11.8 Å². The summed E-state index contributed by atoms with van der Waals surface area (Å²) in [6.07, 6.45) is 3.78. The molecule has 2 aromatic heterocycles. The third-order valence-electron chi connectivity index (χ3n) is 8.56. The molecule has 6 rings (SSSR count). The topological polar surface area (TPSA) is 131 Å². The lowest BCUT2D eigenvalue weighted by atomic mass is 9.98. The number of aromatic nitrogens is 2. The summed E-state index contributed by atoms with van der Waals surface area (Å²) in [5.41, 5.74) is 5.64. The van der Waals surface area contributed by atoms with Crippen LogP contribution in [0, 0.1) is 6.92 Å². The Morgan fingerprint density at radius 3 is 2.04 bits per heavy atom. The van der Waals surface area contributed by atoms with Gasteiger partial charge in [-0.3, -0.25) is 24.5 Å². The maximum Gasteiger partial charge on any atom is 0.320 e. The fraction of sp³-hybridized carbons (Fsp3) is 0.286. The third-order valence-corrected chi connectivity index (χ3v) is 8.97. The van der Waals surface area contributed by atoms with Gasteiger partial charge in [-0.25, -0.2) is 4.79 Å². The fourth-order valence-electron chi connectivity index (χ4n) is 5.86. The van der Waals surface area contributed by atoms with Crippen LogP contribution < -0.4 is 10.6 Å². The lowest BCUT2D eigenvalue weighted by Gasteiger charge is -2.16. The molecule has 4 heterocycles. The van der Waals surface area contributed by atoms with Crippen molar-refractivity contribution < 1.29 is 19.5 Å². The van der Waals surface area contributed by atoms with E-state index in [-0.39, 0.29) is 35.3 Å². The van der Waals surface area contributed by atoms with Crippen LogP contribution >= 0.6 is 11.6 Å². The number of urea groups is 1. The molecule has 0 aliphatic carbocycles. The molecule has 1 atom stereocenters. The Morgan fingerprint density at radius 1 is 0.851 bits per heavy atom. The van der Waals surface area contributed by atoms with Gasteiger partial charge in [0.15, 0.2) is 0 Å². The summed E-state index contributed by atoms with van der Waals surface area (Å²) in [5, 5.41) is 15.9. The molecule has 2 aromatic carbocycles. The van der Waals surface area contributed by atoms with E-state index >= 15 is 0 Å². The average molecular weight is 654 g/mol. The summed E-state index contributed by atoms with van der Waals surface area (Å²) in [4.78, 5) is 52.7. The number of aliphatic hydroxyl groups excluding tert-OH is 1. The van der Waals surface area contributed by atoms with Crippen LogP contribution in [0.5, 0.6) is 0 Å². The second kappa shape index (κ2) is 13.9. The van der Waals surface area contributed by atoms with Crippen LogP contribution in [0.1, 0.15) is 44.1 Å². The number of likely N-dealkylation sites (N-methyl/N-ethyl adjacent to an activating group) is 1. The van der Waals surface area contributed by atoms with E-state index in [2.05, 4.69) is 25.5 Å². The Bertz CT molecular complexity index is 1800. The van der Waals surface area contributed by atoms with Gasteiger partial charge in [0.05, 0.1) is 16.8 Å². The van der Waals surface area contributed by atoms with Crippen LogP contribution in [0.25, 0.3) is 11.1 Å². The molecule has 0 radical (unpaired) electrons. The number of β-amino-alcohol motifs (C(OH)–C–C–N with tert-alkyl or cyclic N) is 1. The highest BCUT2D eigenvalue weighted by molar-refractivity contribution is 6.36. The molecule has 3 N–H and O–H groups in total. The maximum absolute atomic E-state index is 13.1. The van der Waals surface area contributed by atoms with Crippen LogP contribution in [0.2, 0.25) is 5.02 Å². The predicted molar refractivity (Wildman–Crippen MR) is 180 cm³/mol. The minimum absolute atomic E-state index is 0.0199. The van der Waals surface area contributed by atoms with E-state index in [0.717, 1.165) is 35.2 Å². The highest BCUT2D eigenvalue weighted by Crippen LogP contribution is 2.37. The maximum atomic E-state index is 13.1. The zero-order valence-corrected chi connectivity index (χ0v) is 27.0. The molecule has 4 amide bonds. The molecule has 0 bridgehead atoms. The lowest BCUT2D eigenvalue weighted by molar-refractivity contribution is 0.101. The smallest absolute Gasteiger partial charge is 0.320 e. The van der Waals surface area contributed by atoms with Crippen molar-refractivity contribution in [2.24, 2.45) is 0 Å². The van der Waals surface area contributed by atoms with Crippen LogP contribution in [0.15, 0.2) is 73.1 Å². The number of pyridine rings is 2. The third kappa shape index (κ3) is 7.27. The number of nitrogens with zero attached hydrogens (tertiary/aromatic N) is 5. The number of hydrogen-bond donors (Lipinski definition) is 3. The van der Waals surface area contributed by atoms with Gasteiger partial charge in [-0.1, -0.05) is 48.0 Å². The summed E-state index contributed by atoms with van der Waals surface area (Å²) in [5.74, 6) is -0.750. The first kappa shape index (κ1) is 32.1. The SMILES string of the molecule is Cc1c(NC(=O)c2ccc(CN3CCN(C)C3=O)cn2)cccc1-c1cccc(NC(=O)c2ccc(CN3CC[C@H](O)C3)cn2)c1Cl. The van der Waals surface area contributed by atoms with E-state index in [4.69, 9.17) is 11.6 Å². The number of anilines is 2. The molecule has 0 saturated carbocycles. The molecule has 11 nitrogen and oxygen atoms in total. The molecule has 0 unspecified atom stereocenters. The molecule has 2 fully saturated rings. The van der Waals surface area contributed by atoms with E-state index in [0.29, 0.717) is 54.7 Å². The number of amides is 4. The number of rotatable bonds is 9. The van der Waals surface area contributed by atoms with Gasteiger partial charge < -0.3 is 25.5 Å². The number of halogens is 1. The van der Waals surface area contributed by atoms with Gasteiger partial charge in [0, 0.05) is 70.0 Å². The van der Waals surface area contributed by atoms with Crippen molar-refractivity contribution in [3.63, 3.8) is 0 Å². The largest absolute Gasteiger partial charge is 0.392 e. The van der Waals surface area contributed by atoms with Crippen LogP contribution in [0.3, 0.4) is 0 Å². The van der Waals surface area contributed by atoms with Gasteiger partial charge >= 0.3 is 6.03 Å². The molecular weight excluding hydrogens is 618 g/mol. The van der Waals surface area contributed by atoms with Gasteiger partial charge in [-0.15, -0.1) is 0 Å². The van der Waals surface area contributed by atoms with Crippen molar-refractivity contribution in [1.82, 2.24) is 24.7 Å². The number of likely N-dealkylation sites (tertiary alicyclic amines) is 1. The number of hydrogen-bond acceptors (Lipinski definition) is 7. The Morgan fingerprint density at radius 2 is 1.47 bits per heavy atom. The minimum Gasteiger partial charge on any atom is -0.392 e. The van der Waals surface area contributed by atoms with Crippen molar-refractivity contribution in [3.8, 4) is 11.1 Å². The Kier molecular flexibility index (Phi) is 9.48. The van der Waals surface area contributed by atoms with Crippen LogP contribution in [-0.4, -0.2) is 87.0 Å². The first-order valence-corrected chi connectivity index (χ1v) is 15.9. The molecule has 2 aliphatic heterocycles. The molecule has 0 spiro atoms. The zero-order chi connectivity index (χ0) is 33.1. The average Bonchev–Trinajstić information content (AvgIpc) is 3.63. The first-order chi connectivity index (χ1) is 22.7. The normalized spacial score (nSPS) is 16.5. The van der Waals surface area contributed by atoms with E-state index in [1.807, 2.05) is 37.3 Å². The summed E-state index contributed by atoms with van der Waals surface area (Å²) in [6.45, 7) is 5.81. The Hall–Kier alpha value is -4.84. The molecular formula is C35H36ClN7O4. The summed E-state index contributed by atoms with van der Waals surface area (Å²) >= 11 is 6.84. The Balaban J connectivity index is 1.12. The molecule has 47 heavy (non-hydrogen) atoms. The molecule has 2 aliphatic rings. The number of benzene rings is 2. The number of carbonyl (C=O) groups excluding carboxylic acids is 3. The van der Waals surface area contributed by atoms with Crippen molar-refractivity contribution in [2.75, 3.05) is 43.9 Å². The molecule has 2 saturated heterocycles. The number of carbonyl (C=O) groups is 3. The molecule has 12 heteroatoms. The summed E-state index contributed by atoms with van der Waals surface area (Å²) < 4.78 is 0. The van der Waals surface area contributed by atoms with E-state index in [9.17, 15) is 19.5 Å². The second-order valence-corrected chi connectivity index (χ2v) is 12.3. The Labute approximate surface area is 278 Å². The monoisotopic (exact) mass is 653 g/mol. The quantitative estimate of drug-likeness (QED) is 0.231. The molecule has 242 valence electrons. The lowest BCUT2D eigenvalue weighted by Crippen LogP contribution is -2.29. The van der Waals surface area contributed by atoms with Crippen molar-refractivity contribution in [1.29, 1.82) is 0 Å². The first-order valence-electron chi connectivity index (χ1n) is 15.5. The van der Waals surface area contributed by atoms with Crippen molar-refractivity contribution in [2.45, 2.75) is 32.5 Å². The van der Waals surface area contributed by atoms with E-state index < -0.39 is 0 Å². The van der Waals surface area contributed by atoms with Gasteiger partial charge in [0.1, 0.15) is 11.4 Å². The zero-order valence-electron chi connectivity index (χ0n) is 26.2. The van der Waals surface area contributed by atoms with Crippen LogP contribution in [0.4, 0.5) is 16.2 Å².